The molecule has 1 unspecified atom stereocenters. The van der Waals surface area contributed by atoms with E-state index in [1.807, 2.05) is 30.0 Å². The summed E-state index contributed by atoms with van der Waals surface area (Å²) in [4.78, 5) is 3.46. The van der Waals surface area contributed by atoms with E-state index in [9.17, 15) is 0 Å². The average Bonchev–Trinajstić information content (AvgIpc) is 2.66. The number of hydrogen-bond donors (Lipinski definition) is 2. The molecule has 4 heteroatoms. The van der Waals surface area contributed by atoms with Crippen molar-refractivity contribution < 1.29 is 0 Å². The molecule has 0 radical (unpaired) electrons. The van der Waals surface area contributed by atoms with Crippen molar-refractivity contribution in [3.63, 3.8) is 0 Å². The summed E-state index contributed by atoms with van der Waals surface area (Å²) < 4.78 is 0. The molecule has 1 aromatic heterocycles. The number of benzene rings is 1. The van der Waals surface area contributed by atoms with Gasteiger partial charge in [0.15, 0.2) is 0 Å². The molecule has 0 saturated heterocycles. The fourth-order valence-electron chi connectivity index (χ4n) is 2.36. The van der Waals surface area contributed by atoms with Crippen LogP contribution in [0.25, 0.3) is 10.9 Å². The van der Waals surface area contributed by atoms with Crippen LogP contribution in [0.5, 0.6) is 0 Å². The third-order valence-corrected chi connectivity index (χ3v) is 4.46. The van der Waals surface area contributed by atoms with Gasteiger partial charge < -0.3 is 10.7 Å². The highest BCUT2D eigenvalue weighted by molar-refractivity contribution is 7.99. The first-order valence-electron chi connectivity index (χ1n) is 5.43. The van der Waals surface area contributed by atoms with Crippen molar-refractivity contribution in [1.29, 1.82) is 0 Å². The van der Waals surface area contributed by atoms with Crippen LogP contribution in [0.3, 0.4) is 0 Å². The van der Waals surface area contributed by atoms with Crippen LogP contribution in [0.1, 0.15) is 17.9 Å². The molecule has 0 bridgehead atoms. The zero-order valence-corrected chi connectivity index (χ0v) is 10.4. The highest BCUT2D eigenvalue weighted by Gasteiger charge is 2.24. The van der Waals surface area contributed by atoms with E-state index in [1.165, 1.54) is 21.5 Å². The molecule has 2 aromatic rings. The van der Waals surface area contributed by atoms with Crippen LogP contribution in [-0.4, -0.2) is 17.3 Å². The Morgan fingerprint density at radius 1 is 1.50 bits per heavy atom. The van der Waals surface area contributed by atoms with Crippen LogP contribution in [0.2, 0.25) is 5.02 Å². The van der Waals surface area contributed by atoms with Gasteiger partial charge in [-0.2, -0.15) is 0 Å². The molecule has 3 rings (SSSR count). The van der Waals surface area contributed by atoms with Gasteiger partial charge >= 0.3 is 0 Å². The first-order chi connectivity index (χ1) is 7.79. The maximum atomic E-state index is 6.06. The molecule has 1 aliphatic rings. The van der Waals surface area contributed by atoms with Crippen LogP contribution in [0, 0.1) is 0 Å². The normalized spacial score (nSPS) is 20.0. The number of H-pyrrole nitrogens is 1. The molecule has 0 spiro atoms. The van der Waals surface area contributed by atoms with Gasteiger partial charge in [0.25, 0.3) is 0 Å². The highest BCUT2D eigenvalue weighted by atomic mass is 35.5. The van der Waals surface area contributed by atoms with Crippen LogP contribution < -0.4 is 5.73 Å². The Balaban J connectivity index is 2.27. The molecule has 0 fully saturated rings. The Labute approximate surface area is 104 Å². The topological polar surface area (TPSA) is 41.8 Å². The summed E-state index contributed by atoms with van der Waals surface area (Å²) in [6.07, 6.45) is 1.16. The lowest BCUT2D eigenvalue weighted by Crippen LogP contribution is -2.16. The second kappa shape index (κ2) is 3.99. The third-order valence-electron chi connectivity index (χ3n) is 3.17. The predicted molar refractivity (Wildman–Crippen MR) is 70.4 cm³/mol. The third kappa shape index (κ3) is 1.54. The molecule has 2 heterocycles. The molecular formula is C12H13ClN2S. The lowest BCUT2D eigenvalue weighted by Gasteiger charge is -2.20. The van der Waals surface area contributed by atoms with Crippen molar-refractivity contribution in [1.82, 2.24) is 4.98 Å². The second-order valence-corrected chi connectivity index (χ2v) is 5.67. The van der Waals surface area contributed by atoms with Crippen molar-refractivity contribution >= 4 is 34.3 Å². The summed E-state index contributed by atoms with van der Waals surface area (Å²) in [7, 11) is 0. The first kappa shape index (κ1) is 10.5. The van der Waals surface area contributed by atoms with Crippen molar-refractivity contribution in [2.45, 2.75) is 17.4 Å². The standard InChI is InChI=1S/C12H13ClN2S/c13-8-1-2-10-9(5-8)11-7(6-14)3-4-16-12(11)15-10/h1-2,5,7,15H,3-4,6,14H2. The van der Waals surface area contributed by atoms with E-state index < -0.39 is 0 Å². The van der Waals surface area contributed by atoms with Crippen LogP contribution in [0.15, 0.2) is 23.2 Å². The Bertz CT molecular complexity index is 535. The van der Waals surface area contributed by atoms with Crippen molar-refractivity contribution in [3.05, 3.63) is 28.8 Å². The highest BCUT2D eigenvalue weighted by Crippen LogP contribution is 2.41. The summed E-state index contributed by atoms with van der Waals surface area (Å²) in [5.41, 5.74) is 8.39. The molecule has 3 N–H and O–H groups in total. The fourth-order valence-corrected chi connectivity index (χ4v) is 3.76. The Kier molecular flexibility index (Phi) is 2.62. The number of hydrogen-bond acceptors (Lipinski definition) is 2. The summed E-state index contributed by atoms with van der Waals surface area (Å²) >= 11 is 7.94. The van der Waals surface area contributed by atoms with Crippen molar-refractivity contribution in [2.75, 3.05) is 12.3 Å². The fraction of sp³-hybridized carbons (Fsp3) is 0.333. The number of halogens is 1. The molecule has 1 atom stereocenters. The summed E-state index contributed by atoms with van der Waals surface area (Å²) in [5, 5.41) is 3.31. The smallest absolute Gasteiger partial charge is 0.0768 e. The van der Waals surface area contributed by atoms with Gasteiger partial charge in [0.2, 0.25) is 0 Å². The van der Waals surface area contributed by atoms with E-state index in [0.717, 1.165) is 17.2 Å². The number of nitrogens with two attached hydrogens (primary N) is 1. The SMILES string of the molecule is NCC1CCSc2[nH]c3ccc(Cl)cc3c21. The lowest BCUT2D eigenvalue weighted by atomic mass is 9.96. The molecule has 0 saturated carbocycles. The quantitative estimate of drug-likeness (QED) is 0.817. The number of aromatic nitrogens is 1. The summed E-state index contributed by atoms with van der Waals surface area (Å²) in [6, 6.07) is 6.01. The number of fused-ring (bicyclic) bond motifs is 3. The largest absolute Gasteiger partial charge is 0.349 e. The minimum Gasteiger partial charge on any atom is -0.349 e. The zero-order valence-electron chi connectivity index (χ0n) is 8.79. The van der Waals surface area contributed by atoms with Gasteiger partial charge in [0.05, 0.1) is 5.03 Å². The maximum absolute atomic E-state index is 6.06. The molecule has 1 aromatic carbocycles. The number of thioether (sulfide) groups is 1. The molecule has 1 aliphatic heterocycles. The van der Waals surface area contributed by atoms with Gasteiger partial charge in [0, 0.05) is 27.6 Å². The van der Waals surface area contributed by atoms with E-state index in [4.69, 9.17) is 17.3 Å². The molecule has 16 heavy (non-hydrogen) atoms. The lowest BCUT2D eigenvalue weighted by molar-refractivity contribution is 0.661. The van der Waals surface area contributed by atoms with Gasteiger partial charge in [-0.1, -0.05) is 11.6 Å². The van der Waals surface area contributed by atoms with Crippen LogP contribution in [-0.2, 0) is 0 Å². The van der Waals surface area contributed by atoms with Gasteiger partial charge in [-0.15, -0.1) is 11.8 Å². The Morgan fingerprint density at radius 3 is 3.19 bits per heavy atom. The second-order valence-electron chi connectivity index (χ2n) is 4.13. The number of aromatic amines is 1. The van der Waals surface area contributed by atoms with Gasteiger partial charge in [-0.05, 0) is 36.7 Å². The minimum absolute atomic E-state index is 0.475. The maximum Gasteiger partial charge on any atom is 0.0768 e. The predicted octanol–water partition coefficient (Wildman–Crippen LogP) is 3.36. The van der Waals surface area contributed by atoms with Crippen molar-refractivity contribution in [3.8, 4) is 0 Å². The Hall–Kier alpha value is -0.640. The molecule has 2 nitrogen and oxygen atoms in total. The van der Waals surface area contributed by atoms with Crippen molar-refractivity contribution in [2.24, 2.45) is 5.73 Å². The van der Waals surface area contributed by atoms with Gasteiger partial charge in [0.1, 0.15) is 0 Å². The number of rotatable bonds is 1. The number of nitrogens with one attached hydrogen (secondary N) is 1. The molecule has 0 aliphatic carbocycles. The van der Waals surface area contributed by atoms with E-state index in [1.54, 1.807) is 0 Å². The Morgan fingerprint density at radius 2 is 2.38 bits per heavy atom. The zero-order chi connectivity index (χ0) is 11.1. The van der Waals surface area contributed by atoms with Gasteiger partial charge in [-0.25, -0.2) is 0 Å². The molecule has 0 amide bonds. The van der Waals surface area contributed by atoms with Crippen LogP contribution >= 0.6 is 23.4 Å². The average molecular weight is 253 g/mol. The van der Waals surface area contributed by atoms with E-state index >= 15 is 0 Å². The monoisotopic (exact) mass is 252 g/mol. The van der Waals surface area contributed by atoms with Gasteiger partial charge in [-0.3, -0.25) is 0 Å². The summed E-state index contributed by atoms with van der Waals surface area (Å²) in [5.74, 6) is 1.62. The van der Waals surface area contributed by atoms with E-state index in [-0.39, 0.29) is 0 Å². The summed E-state index contributed by atoms with van der Waals surface area (Å²) in [6.45, 7) is 0.715. The molecular weight excluding hydrogens is 240 g/mol. The van der Waals surface area contributed by atoms with E-state index in [0.29, 0.717) is 12.5 Å². The molecule has 84 valence electrons. The minimum atomic E-state index is 0.475. The van der Waals surface area contributed by atoms with E-state index in [2.05, 4.69) is 4.98 Å². The first-order valence-corrected chi connectivity index (χ1v) is 6.80. The van der Waals surface area contributed by atoms with Crippen LogP contribution in [0.4, 0.5) is 0 Å².